The maximum atomic E-state index is 13.3. The minimum Gasteiger partial charge on any atom is -0.321 e. The largest absolute Gasteiger partial charge is 0.321 e. The lowest BCUT2D eigenvalue weighted by Crippen LogP contribution is -2.31. The molecule has 0 atom stereocenters. The van der Waals surface area contributed by atoms with Crippen LogP contribution in [0.4, 0.5) is 5.69 Å². The first-order valence-corrected chi connectivity index (χ1v) is 12.9. The number of halogens is 1. The quantitative estimate of drug-likeness (QED) is 0.476. The molecule has 3 aromatic carbocycles. The number of rotatable bonds is 6. The summed E-state index contributed by atoms with van der Waals surface area (Å²) in [6.07, 6.45) is 0. The number of nitrogens with zero attached hydrogens (tertiary/aromatic N) is 4. The first-order chi connectivity index (χ1) is 16.8. The van der Waals surface area contributed by atoms with Crippen molar-refractivity contribution in [1.82, 2.24) is 4.31 Å². The van der Waals surface area contributed by atoms with Crippen molar-refractivity contribution in [3.8, 4) is 6.07 Å². The zero-order valence-electron chi connectivity index (χ0n) is 19.3. The van der Waals surface area contributed by atoms with Crippen molar-refractivity contribution in [3.63, 3.8) is 0 Å². The number of amidine groups is 1. The van der Waals surface area contributed by atoms with E-state index in [1.807, 2.05) is 41.3 Å². The van der Waals surface area contributed by atoms with E-state index in [4.69, 9.17) is 16.9 Å². The molecule has 1 aliphatic rings. The molecular weight excluding hydrogens is 484 g/mol. The third-order valence-electron chi connectivity index (χ3n) is 5.86. The maximum Gasteiger partial charge on any atom is 0.279 e. The van der Waals surface area contributed by atoms with Gasteiger partial charge in [0.25, 0.3) is 5.91 Å². The first kappa shape index (κ1) is 24.6. The number of fused-ring (bicyclic) bond motifs is 1. The molecule has 9 heteroatoms. The van der Waals surface area contributed by atoms with Gasteiger partial charge in [-0.05, 0) is 48.0 Å². The second-order valence-electron chi connectivity index (χ2n) is 7.88. The van der Waals surface area contributed by atoms with Crippen LogP contribution < -0.4 is 4.90 Å². The van der Waals surface area contributed by atoms with E-state index in [1.54, 1.807) is 26.0 Å². The lowest BCUT2D eigenvalue weighted by atomic mass is 10.1. The van der Waals surface area contributed by atoms with Gasteiger partial charge in [0.15, 0.2) is 0 Å². The van der Waals surface area contributed by atoms with Crippen molar-refractivity contribution in [2.45, 2.75) is 25.3 Å². The summed E-state index contributed by atoms with van der Waals surface area (Å²) in [6.45, 7) is 4.56. The highest BCUT2D eigenvalue weighted by Gasteiger charge is 2.29. The van der Waals surface area contributed by atoms with Crippen molar-refractivity contribution < 1.29 is 13.2 Å². The molecule has 3 aromatic rings. The predicted octanol–water partition coefficient (Wildman–Crippen LogP) is 4.85. The van der Waals surface area contributed by atoms with Gasteiger partial charge in [-0.3, -0.25) is 4.79 Å². The summed E-state index contributed by atoms with van der Waals surface area (Å²) in [5.41, 5.74) is 3.26. The minimum absolute atomic E-state index is 0.0477. The summed E-state index contributed by atoms with van der Waals surface area (Å²) in [5, 5.41) is 9.16. The fourth-order valence-corrected chi connectivity index (χ4v) is 5.97. The summed E-state index contributed by atoms with van der Waals surface area (Å²) in [5.74, 6) is -0.124. The van der Waals surface area contributed by atoms with Crippen LogP contribution in [0.3, 0.4) is 0 Å². The Morgan fingerprint density at radius 3 is 2.43 bits per heavy atom. The van der Waals surface area contributed by atoms with Crippen LogP contribution in [0, 0.1) is 11.3 Å². The molecule has 0 saturated heterocycles. The van der Waals surface area contributed by atoms with E-state index in [0.717, 1.165) is 16.8 Å². The number of hydrogen-bond acceptors (Lipinski definition) is 4. The molecule has 0 N–H and O–H groups in total. The number of aliphatic imine (C=N–C) groups is 1. The number of carbonyl (C=O) groups excluding carboxylic acids is 1. The summed E-state index contributed by atoms with van der Waals surface area (Å²) in [4.78, 5) is 19.5. The van der Waals surface area contributed by atoms with Crippen LogP contribution in [-0.4, -0.2) is 37.6 Å². The zero-order chi connectivity index (χ0) is 25.2. The summed E-state index contributed by atoms with van der Waals surface area (Å²) in [6, 6.07) is 21.0. The average Bonchev–Trinajstić information content (AvgIpc) is 3.23. The molecule has 0 spiro atoms. The SMILES string of the molecule is CCN(CC)S(=O)(=O)c1cc(C(=O)N=C2c3ccccc3CN2c2ccc(C#N)cc2)ccc1Cl. The van der Waals surface area contributed by atoms with Gasteiger partial charge in [0.05, 0.1) is 23.2 Å². The fraction of sp³-hybridized carbons (Fsp3) is 0.192. The van der Waals surface area contributed by atoms with Gasteiger partial charge in [-0.25, -0.2) is 8.42 Å². The lowest BCUT2D eigenvalue weighted by molar-refractivity contribution is 0.100. The summed E-state index contributed by atoms with van der Waals surface area (Å²) < 4.78 is 27.4. The van der Waals surface area contributed by atoms with E-state index in [9.17, 15) is 13.2 Å². The van der Waals surface area contributed by atoms with Crippen LogP contribution in [0.15, 0.2) is 76.6 Å². The third kappa shape index (κ3) is 4.71. The average molecular weight is 507 g/mol. The summed E-state index contributed by atoms with van der Waals surface area (Å²) in [7, 11) is -3.86. The Kier molecular flexibility index (Phi) is 7.03. The Bertz CT molecular complexity index is 1460. The lowest BCUT2D eigenvalue weighted by Gasteiger charge is -2.20. The van der Waals surface area contributed by atoms with Crippen LogP contribution in [0.5, 0.6) is 0 Å². The van der Waals surface area contributed by atoms with E-state index < -0.39 is 15.9 Å². The van der Waals surface area contributed by atoms with Gasteiger partial charge >= 0.3 is 0 Å². The van der Waals surface area contributed by atoms with Crippen molar-refractivity contribution >= 4 is 39.1 Å². The van der Waals surface area contributed by atoms with E-state index in [-0.39, 0.29) is 28.6 Å². The Hall–Kier alpha value is -3.51. The molecule has 1 aliphatic heterocycles. The maximum absolute atomic E-state index is 13.3. The Morgan fingerprint density at radius 1 is 1.09 bits per heavy atom. The molecule has 0 aromatic heterocycles. The van der Waals surface area contributed by atoms with Crippen molar-refractivity contribution in [3.05, 3.63) is 94.0 Å². The number of amides is 1. The van der Waals surface area contributed by atoms with Gasteiger partial charge in [-0.2, -0.15) is 14.6 Å². The highest BCUT2D eigenvalue weighted by molar-refractivity contribution is 7.89. The first-order valence-electron chi connectivity index (χ1n) is 11.1. The predicted molar refractivity (Wildman–Crippen MR) is 136 cm³/mol. The number of carbonyl (C=O) groups is 1. The Balaban J connectivity index is 1.77. The smallest absolute Gasteiger partial charge is 0.279 e. The van der Waals surface area contributed by atoms with Crippen molar-refractivity contribution in [2.75, 3.05) is 18.0 Å². The van der Waals surface area contributed by atoms with Gasteiger partial charge in [-0.1, -0.05) is 49.7 Å². The van der Waals surface area contributed by atoms with E-state index >= 15 is 0 Å². The Labute approximate surface area is 209 Å². The van der Waals surface area contributed by atoms with Crippen molar-refractivity contribution in [1.29, 1.82) is 5.26 Å². The zero-order valence-corrected chi connectivity index (χ0v) is 20.8. The molecule has 7 nitrogen and oxygen atoms in total. The second-order valence-corrected chi connectivity index (χ2v) is 10.2. The standard InChI is InChI=1S/C26H23ClN4O3S/c1-3-30(4-2)35(33,34)24-15-19(11-14-23(24)27)26(32)29-25-22-8-6-5-7-20(22)17-31(25)21-12-9-18(16-28)10-13-21/h5-15H,3-4,17H2,1-2H3. The molecule has 0 saturated carbocycles. The molecule has 4 rings (SSSR count). The molecule has 35 heavy (non-hydrogen) atoms. The van der Waals surface area contributed by atoms with Crippen LogP contribution in [-0.2, 0) is 16.6 Å². The molecule has 178 valence electrons. The van der Waals surface area contributed by atoms with Crippen LogP contribution in [0.2, 0.25) is 5.02 Å². The molecule has 0 aliphatic carbocycles. The molecule has 0 fully saturated rings. The van der Waals surface area contributed by atoms with E-state index in [1.165, 1.54) is 22.5 Å². The monoisotopic (exact) mass is 506 g/mol. The Morgan fingerprint density at radius 2 is 1.77 bits per heavy atom. The van der Waals surface area contributed by atoms with Gasteiger partial charge < -0.3 is 4.90 Å². The number of benzene rings is 3. The molecule has 1 amide bonds. The van der Waals surface area contributed by atoms with Crippen molar-refractivity contribution in [2.24, 2.45) is 4.99 Å². The topological polar surface area (TPSA) is 93.8 Å². The third-order valence-corrected chi connectivity index (χ3v) is 8.39. The minimum atomic E-state index is -3.86. The highest BCUT2D eigenvalue weighted by Crippen LogP contribution is 2.30. The normalized spacial score (nSPS) is 14.3. The fourth-order valence-electron chi connectivity index (χ4n) is 4.01. The van der Waals surface area contributed by atoms with Gasteiger partial charge in [0.1, 0.15) is 10.7 Å². The summed E-state index contributed by atoms with van der Waals surface area (Å²) >= 11 is 6.22. The van der Waals surface area contributed by atoms with Crippen LogP contribution in [0.25, 0.3) is 0 Å². The molecule has 0 radical (unpaired) electrons. The van der Waals surface area contributed by atoms with E-state index in [0.29, 0.717) is 17.9 Å². The van der Waals surface area contributed by atoms with Crippen LogP contribution in [0.1, 0.15) is 40.9 Å². The molecular formula is C26H23ClN4O3S. The molecule has 1 heterocycles. The van der Waals surface area contributed by atoms with Crippen LogP contribution >= 0.6 is 11.6 Å². The van der Waals surface area contributed by atoms with E-state index in [2.05, 4.69) is 11.1 Å². The second kappa shape index (κ2) is 10.0. The molecule has 0 bridgehead atoms. The molecule has 0 unspecified atom stereocenters. The van der Waals surface area contributed by atoms with Gasteiger partial charge in [0.2, 0.25) is 10.0 Å². The number of hydrogen-bond donors (Lipinski definition) is 0. The van der Waals surface area contributed by atoms with Gasteiger partial charge in [0, 0.05) is 29.9 Å². The highest BCUT2D eigenvalue weighted by atomic mass is 35.5. The number of sulfonamides is 1. The van der Waals surface area contributed by atoms with Gasteiger partial charge in [-0.15, -0.1) is 0 Å². The number of anilines is 1. The number of nitriles is 1.